The normalized spacial score (nSPS) is 10.0. The summed E-state index contributed by atoms with van der Waals surface area (Å²) in [5.74, 6) is 1.10. The van der Waals surface area contributed by atoms with Gasteiger partial charge in [-0.15, -0.1) is 11.3 Å². The first-order chi connectivity index (χ1) is 10.2. The van der Waals surface area contributed by atoms with Gasteiger partial charge < -0.3 is 19.5 Å². The summed E-state index contributed by atoms with van der Waals surface area (Å²) < 4.78 is 15.7. The predicted molar refractivity (Wildman–Crippen MR) is 79.4 cm³/mol. The van der Waals surface area contributed by atoms with E-state index in [9.17, 15) is 4.79 Å². The molecule has 0 unspecified atom stereocenters. The molecule has 0 aliphatic heterocycles. The minimum absolute atomic E-state index is 0.234. The van der Waals surface area contributed by atoms with Crippen LogP contribution in [0.5, 0.6) is 17.2 Å². The Hall–Kier alpha value is -2.28. The van der Waals surface area contributed by atoms with Crippen molar-refractivity contribution in [1.82, 2.24) is 10.3 Å². The van der Waals surface area contributed by atoms with Gasteiger partial charge in [0, 0.05) is 10.9 Å². The van der Waals surface area contributed by atoms with Crippen molar-refractivity contribution in [3.8, 4) is 17.2 Å². The molecular weight excluding hydrogens is 292 g/mol. The van der Waals surface area contributed by atoms with Crippen molar-refractivity contribution in [3.63, 3.8) is 0 Å². The second kappa shape index (κ2) is 6.94. The van der Waals surface area contributed by atoms with Crippen LogP contribution in [0.2, 0.25) is 0 Å². The van der Waals surface area contributed by atoms with E-state index in [0.29, 0.717) is 29.4 Å². The summed E-state index contributed by atoms with van der Waals surface area (Å²) in [6, 6.07) is 3.22. The number of nitrogens with zero attached hydrogens (tertiary/aromatic N) is 1. The lowest BCUT2D eigenvalue weighted by Crippen LogP contribution is -2.23. The number of nitrogens with one attached hydrogen (secondary N) is 1. The van der Waals surface area contributed by atoms with Crippen LogP contribution in [0, 0.1) is 0 Å². The van der Waals surface area contributed by atoms with E-state index in [1.165, 1.54) is 32.7 Å². The molecule has 2 rings (SSSR count). The standard InChI is InChI=1S/C14H16N2O4S/c1-18-11-4-9(5-12(19-2)13(11)20-3)14(17)15-6-10-7-21-8-16-10/h4-5,7-8H,6H2,1-3H3,(H,15,17). The summed E-state index contributed by atoms with van der Waals surface area (Å²) in [6.07, 6.45) is 0. The van der Waals surface area contributed by atoms with Gasteiger partial charge >= 0.3 is 0 Å². The quantitative estimate of drug-likeness (QED) is 0.885. The number of benzene rings is 1. The van der Waals surface area contributed by atoms with Crippen molar-refractivity contribution in [3.05, 3.63) is 34.3 Å². The second-order valence-corrected chi connectivity index (χ2v) is 4.80. The van der Waals surface area contributed by atoms with Crippen molar-refractivity contribution in [2.24, 2.45) is 0 Å². The zero-order valence-electron chi connectivity index (χ0n) is 12.0. The van der Waals surface area contributed by atoms with Crippen LogP contribution < -0.4 is 19.5 Å². The highest BCUT2D eigenvalue weighted by atomic mass is 32.1. The molecule has 0 atom stereocenters. The maximum Gasteiger partial charge on any atom is 0.251 e. The molecule has 1 aromatic heterocycles. The average Bonchev–Trinajstić information content (AvgIpc) is 3.04. The first-order valence-electron chi connectivity index (χ1n) is 6.14. The molecule has 0 aliphatic carbocycles. The van der Waals surface area contributed by atoms with E-state index < -0.39 is 0 Å². The minimum Gasteiger partial charge on any atom is -0.493 e. The number of aromatic nitrogens is 1. The zero-order valence-corrected chi connectivity index (χ0v) is 12.8. The van der Waals surface area contributed by atoms with Gasteiger partial charge in [-0.05, 0) is 12.1 Å². The highest BCUT2D eigenvalue weighted by Crippen LogP contribution is 2.38. The number of hydrogen-bond acceptors (Lipinski definition) is 6. The molecule has 0 saturated heterocycles. The lowest BCUT2D eigenvalue weighted by atomic mass is 10.1. The monoisotopic (exact) mass is 308 g/mol. The molecule has 112 valence electrons. The Bertz CT molecular complexity index is 588. The lowest BCUT2D eigenvalue weighted by molar-refractivity contribution is 0.0949. The number of amides is 1. The first kappa shape index (κ1) is 15.1. The van der Waals surface area contributed by atoms with Crippen molar-refractivity contribution >= 4 is 17.2 Å². The van der Waals surface area contributed by atoms with Crippen LogP contribution >= 0.6 is 11.3 Å². The molecule has 1 heterocycles. The molecule has 21 heavy (non-hydrogen) atoms. The molecule has 0 aliphatic rings. The van der Waals surface area contributed by atoms with E-state index >= 15 is 0 Å². The molecule has 0 spiro atoms. The molecule has 0 saturated carbocycles. The molecule has 1 aromatic carbocycles. The minimum atomic E-state index is -0.234. The van der Waals surface area contributed by atoms with E-state index in [2.05, 4.69) is 10.3 Å². The van der Waals surface area contributed by atoms with Crippen LogP contribution in [0.3, 0.4) is 0 Å². The number of thiazole rings is 1. The molecule has 0 fully saturated rings. The third kappa shape index (κ3) is 3.43. The Balaban J connectivity index is 2.20. The van der Waals surface area contributed by atoms with E-state index in [4.69, 9.17) is 14.2 Å². The summed E-state index contributed by atoms with van der Waals surface area (Å²) >= 11 is 1.49. The summed E-state index contributed by atoms with van der Waals surface area (Å²) in [5.41, 5.74) is 2.97. The van der Waals surface area contributed by atoms with Crippen molar-refractivity contribution in [2.75, 3.05) is 21.3 Å². The SMILES string of the molecule is COc1cc(C(=O)NCc2cscn2)cc(OC)c1OC. The third-order valence-electron chi connectivity index (χ3n) is 2.84. The zero-order chi connectivity index (χ0) is 15.2. The lowest BCUT2D eigenvalue weighted by Gasteiger charge is -2.13. The number of rotatable bonds is 6. The van der Waals surface area contributed by atoms with Crippen LogP contribution in [0.15, 0.2) is 23.0 Å². The Morgan fingerprint density at radius 2 is 1.86 bits per heavy atom. The largest absolute Gasteiger partial charge is 0.493 e. The molecule has 0 bridgehead atoms. The van der Waals surface area contributed by atoms with Gasteiger partial charge in [-0.2, -0.15) is 0 Å². The fourth-order valence-electron chi connectivity index (χ4n) is 1.81. The van der Waals surface area contributed by atoms with Crippen LogP contribution in [-0.2, 0) is 6.54 Å². The molecule has 1 N–H and O–H groups in total. The molecule has 6 nitrogen and oxygen atoms in total. The van der Waals surface area contributed by atoms with Gasteiger partial charge in [0.1, 0.15) is 0 Å². The fourth-order valence-corrected chi connectivity index (χ4v) is 2.37. The van der Waals surface area contributed by atoms with Crippen LogP contribution in [0.4, 0.5) is 0 Å². The number of carbonyl (C=O) groups excluding carboxylic acids is 1. The van der Waals surface area contributed by atoms with Gasteiger partial charge in [-0.1, -0.05) is 0 Å². The molecule has 7 heteroatoms. The van der Waals surface area contributed by atoms with Gasteiger partial charge in [-0.3, -0.25) is 4.79 Å². The molecule has 1 amide bonds. The predicted octanol–water partition coefficient (Wildman–Crippen LogP) is 2.10. The van der Waals surface area contributed by atoms with Crippen LogP contribution in [0.1, 0.15) is 16.1 Å². The number of methoxy groups -OCH3 is 3. The third-order valence-corrected chi connectivity index (χ3v) is 3.48. The fraction of sp³-hybridized carbons (Fsp3) is 0.286. The highest BCUT2D eigenvalue weighted by molar-refractivity contribution is 7.07. The van der Waals surface area contributed by atoms with Crippen molar-refractivity contribution in [2.45, 2.75) is 6.54 Å². The smallest absolute Gasteiger partial charge is 0.251 e. The molecule has 2 aromatic rings. The van der Waals surface area contributed by atoms with Crippen LogP contribution in [0.25, 0.3) is 0 Å². The average molecular weight is 308 g/mol. The van der Waals surface area contributed by atoms with E-state index in [0.717, 1.165) is 5.69 Å². The Labute approximate surface area is 126 Å². The Kier molecular flexibility index (Phi) is 4.99. The highest BCUT2D eigenvalue weighted by Gasteiger charge is 2.16. The van der Waals surface area contributed by atoms with E-state index in [-0.39, 0.29) is 5.91 Å². The topological polar surface area (TPSA) is 69.7 Å². The van der Waals surface area contributed by atoms with Crippen LogP contribution in [-0.4, -0.2) is 32.2 Å². The summed E-state index contributed by atoms with van der Waals surface area (Å²) in [4.78, 5) is 16.3. The van der Waals surface area contributed by atoms with Gasteiger partial charge in [0.15, 0.2) is 11.5 Å². The molecular formula is C14H16N2O4S. The van der Waals surface area contributed by atoms with Crippen molar-refractivity contribution in [1.29, 1.82) is 0 Å². The Morgan fingerprint density at radius 1 is 1.19 bits per heavy atom. The van der Waals surface area contributed by atoms with E-state index in [1.807, 2.05) is 5.38 Å². The Morgan fingerprint density at radius 3 is 2.33 bits per heavy atom. The van der Waals surface area contributed by atoms with E-state index in [1.54, 1.807) is 17.6 Å². The number of hydrogen-bond donors (Lipinski definition) is 1. The molecule has 0 radical (unpaired) electrons. The van der Waals surface area contributed by atoms with Crippen molar-refractivity contribution < 1.29 is 19.0 Å². The number of ether oxygens (including phenoxy) is 3. The summed E-state index contributed by atoms with van der Waals surface area (Å²) in [6.45, 7) is 0.374. The van der Waals surface area contributed by atoms with Gasteiger partial charge in [0.05, 0.1) is 39.1 Å². The second-order valence-electron chi connectivity index (χ2n) is 4.08. The van der Waals surface area contributed by atoms with Gasteiger partial charge in [0.2, 0.25) is 5.75 Å². The maximum absolute atomic E-state index is 12.2. The van der Waals surface area contributed by atoms with Gasteiger partial charge in [-0.25, -0.2) is 4.98 Å². The first-order valence-corrected chi connectivity index (χ1v) is 7.09. The maximum atomic E-state index is 12.2. The van der Waals surface area contributed by atoms with Gasteiger partial charge in [0.25, 0.3) is 5.91 Å². The number of carbonyl (C=O) groups is 1. The summed E-state index contributed by atoms with van der Waals surface area (Å²) in [5, 5.41) is 4.68. The summed E-state index contributed by atoms with van der Waals surface area (Å²) in [7, 11) is 4.53.